The third-order valence-electron chi connectivity index (χ3n) is 5.10. The molecule has 0 spiro atoms. The Labute approximate surface area is 198 Å². The van der Waals surface area contributed by atoms with Crippen molar-refractivity contribution in [2.24, 2.45) is 0 Å². The lowest BCUT2D eigenvalue weighted by Gasteiger charge is -2.17. The molecule has 0 N–H and O–H groups in total. The van der Waals surface area contributed by atoms with Crippen molar-refractivity contribution in [3.8, 4) is 17.1 Å². The molecule has 0 aliphatic heterocycles. The van der Waals surface area contributed by atoms with E-state index in [0.717, 1.165) is 11.3 Å². The molecule has 0 saturated carbocycles. The maximum Gasteiger partial charge on any atom is 0.301 e. The van der Waals surface area contributed by atoms with E-state index >= 15 is 0 Å². The second-order valence-corrected chi connectivity index (χ2v) is 8.49. The van der Waals surface area contributed by atoms with E-state index in [9.17, 15) is 4.79 Å². The van der Waals surface area contributed by atoms with Gasteiger partial charge in [0, 0.05) is 21.3 Å². The summed E-state index contributed by atoms with van der Waals surface area (Å²) in [6.45, 7) is 0.530. The van der Waals surface area contributed by atoms with E-state index in [4.69, 9.17) is 34.8 Å². The summed E-state index contributed by atoms with van der Waals surface area (Å²) < 4.78 is 3.80. The fourth-order valence-electron chi connectivity index (χ4n) is 3.64. The molecule has 158 valence electrons. The van der Waals surface area contributed by atoms with Crippen molar-refractivity contribution in [3.05, 3.63) is 110 Å². The van der Waals surface area contributed by atoms with Gasteiger partial charge in [0.15, 0.2) is 17.0 Å². The lowest BCUT2D eigenvalue weighted by molar-refractivity contribution is 0.798. The first-order chi connectivity index (χ1) is 15.5. The van der Waals surface area contributed by atoms with Crippen LogP contribution in [-0.4, -0.2) is 19.1 Å². The smallest absolute Gasteiger partial charge is 0.301 e. The standard InChI is InChI=1S/C24H15Cl3N4O/c25-16-6-9-18(10-7-16)31-22(19-11-8-17(26)12-20(19)27)29-23(32)21-24(31)30(14-28-21)13-15-4-2-1-3-5-15/h1-12,14H,13H2. The van der Waals surface area contributed by atoms with Crippen molar-refractivity contribution >= 4 is 46.0 Å². The Balaban J connectivity index is 1.85. The van der Waals surface area contributed by atoms with Gasteiger partial charge >= 0.3 is 5.56 Å². The van der Waals surface area contributed by atoms with Crippen molar-refractivity contribution in [3.63, 3.8) is 0 Å². The zero-order valence-electron chi connectivity index (χ0n) is 16.5. The Morgan fingerprint density at radius 1 is 0.844 bits per heavy atom. The van der Waals surface area contributed by atoms with E-state index in [1.807, 2.05) is 51.6 Å². The molecular weight excluding hydrogens is 467 g/mol. The first-order valence-corrected chi connectivity index (χ1v) is 10.9. The molecule has 0 bridgehead atoms. The van der Waals surface area contributed by atoms with Gasteiger partial charge in [-0.3, -0.25) is 9.36 Å². The molecule has 2 heterocycles. The molecule has 0 aliphatic carbocycles. The van der Waals surface area contributed by atoms with Crippen molar-refractivity contribution in [2.45, 2.75) is 6.54 Å². The third-order valence-corrected chi connectivity index (χ3v) is 5.90. The van der Waals surface area contributed by atoms with Gasteiger partial charge in [0.2, 0.25) is 0 Å². The predicted octanol–water partition coefficient (Wildman–Crippen LogP) is 6.26. The Hall–Kier alpha value is -3.12. The van der Waals surface area contributed by atoms with Crippen LogP contribution in [-0.2, 0) is 6.54 Å². The molecule has 0 fully saturated rings. The minimum Gasteiger partial charge on any atom is -0.312 e. The van der Waals surface area contributed by atoms with Crippen molar-refractivity contribution < 1.29 is 0 Å². The predicted molar refractivity (Wildman–Crippen MR) is 129 cm³/mol. The van der Waals surface area contributed by atoms with E-state index in [0.29, 0.717) is 38.6 Å². The second kappa shape index (κ2) is 8.43. The molecule has 0 saturated heterocycles. The number of hydrogen-bond donors (Lipinski definition) is 0. The molecule has 5 aromatic rings. The van der Waals surface area contributed by atoms with E-state index in [2.05, 4.69) is 9.97 Å². The number of benzene rings is 3. The van der Waals surface area contributed by atoms with Crippen LogP contribution in [0.4, 0.5) is 0 Å². The summed E-state index contributed by atoms with van der Waals surface area (Å²) in [6.07, 6.45) is 1.65. The Bertz CT molecular complexity index is 1490. The largest absolute Gasteiger partial charge is 0.312 e. The van der Waals surface area contributed by atoms with Gasteiger partial charge in [-0.1, -0.05) is 65.1 Å². The summed E-state index contributed by atoms with van der Waals surface area (Å²) >= 11 is 18.7. The lowest BCUT2D eigenvalue weighted by atomic mass is 10.2. The highest BCUT2D eigenvalue weighted by atomic mass is 35.5. The molecule has 0 radical (unpaired) electrons. The third kappa shape index (κ3) is 3.79. The molecule has 0 amide bonds. The lowest BCUT2D eigenvalue weighted by Crippen LogP contribution is -2.17. The van der Waals surface area contributed by atoms with Gasteiger partial charge in [-0.15, -0.1) is 0 Å². The number of hydrogen-bond acceptors (Lipinski definition) is 3. The summed E-state index contributed by atoms with van der Waals surface area (Å²) in [6, 6.07) is 22.3. The van der Waals surface area contributed by atoms with E-state index in [-0.39, 0.29) is 5.52 Å². The van der Waals surface area contributed by atoms with Crippen molar-refractivity contribution in [2.75, 3.05) is 0 Å². The molecular formula is C24H15Cl3N4O. The highest BCUT2D eigenvalue weighted by molar-refractivity contribution is 6.36. The topological polar surface area (TPSA) is 52.7 Å². The minimum absolute atomic E-state index is 0.268. The second-order valence-electron chi connectivity index (χ2n) is 7.21. The van der Waals surface area contributed by atoms with Crippen LogP contribution in [0.15, 0.2) is 83.9 Å². The summed E-state index contributed by atoms with van der Waals surface area (Å²) in [5.41, 5.74) is 2.87. The van der Waals surface area contributed by atoms with Gasteiger partial charge in [0.05, 0.1) is 17.9 Å². The van der Waals surface area contributed by atoms with Crippen LogP contribution in [0.2, 0.25) is 15.1 Å². The van der Waals surface area contributed by atoms with Gasteiger partial charge in [0.1, 0.15) is 0 Å². The van der Waals surface area contributed by atoms with Gasteiger partial charge in [0.25, 0.3) is 0 Å². The van der Waals surface area contributed by atoms with E-state index in [1.54, 1.807) is 36.7 Å². The fourth-order valence-corrected chi connectivity index (χ4v) is 4.26. The number of aromatic nitrogens is 4. The van der Waals surface area contributed by atoms with Gasteiger partial charge in [-0.2, -0.15) is 4.98 Å². The minimum atomic E-state index is -0.432. The highest BCUT2D eigenvalue weighted by Gasteiger charge is 2.20. The maximum atomic E-state index is 13.0. The molecule has 8 heteroatoms. The van der Waals surface area contributed by atoms with E-state index in [1.165, 1.54) is 0 Å². The molecule has 0 atom stereocenters. The zero-order valence-corrected chi connectivity index (χ0v) is 18.8. The zero-order chi connectivity index (χ0) is 22.2. The van der Waals surface area contributed by atoms with Crippen LogP contribution in [0.3, 0.4) is 0 Å². The van der Waals surface area contributed by atoms with Crippen molar-refractivity contribution in [1.82, 2.24) is 19.1 Å². The molecule has 5 nitrogen and oxygen atoms in total. The summed E-state index contributed by atoms with van der Waals surface area (Å²) in [5.74, 6) is 0.390. The van der Waals surface area contributed by atoms with Crippen LogP contribution in [0, 0.1) is 0 Å². The number of halogens is 3. The van der Waals surface area contributed by atoms with Crippen LogP contribution in [0.5, 0.6) is 0 Å². The van der Waals surface area contributed by atoms with Gasteiger partial charge < -0.3 is 4.57 Å². The maximum absolute atomic E-state index is 13.0. The normalized spacial score (nSPS) is 11.2. The van der Waals surface area contributed by atoms with Crippen LogP contribution in [0.25, 0.3) is 28.2 Å². The number of nitrogens with zero attached hydrogens (tertiary/aromatic N) is 4. The number of fused-ring (bicyclic) bond motifs is 1. The Kier molecular flexibility index (Phi) is 5.47. The van der Waals surface area contributed by atoms with Crippen LogP contribution >= 0.6 is 34.8 Å². The van der Waals surface area contributed by atoms with Gasteiger partial charge in [-0.25, -0.2) is 4.98 Å². The molecule has 0 aliphatic rings. The fraction of sp³-hybridized carbons (Fsp3) is 0.0417. The monoisotopic (exact) mass is 480 g/mol. The SMILES string of the molecule is O=c1nc(-c2ccc(Cl)cc2Cl)n(-c2ccc(Cl)cc2)c2c1ncn2Cc1ccccc1. The first-order valence-electron chi connectivity index (χ1n) is 9.74. The highest BCUT2D eigenvalue weighted by Crippen LogP contribution is 2.32. The number of imidazole rings is 1. The summed E-state index contributed by atoms with van der Waals surface area (Å²) in [5, 5.41) is 1.48. The average Bonchev–Trinajstić information content (AvgIpc) is 3.19. The van der Waals surface area contributed by atoms with Crippen molar-refractivity contribution in [1.29, 1.82) is 0 Å². The molecule has 3 aromatic carbocycles. The Morgan fingerprint density at radius 2 is 1.56 bits per heavy atom. The van der Waals surface area contributed by atoms with Crippen LogP contribution in [0.1, 0.15) is 5.56 Å². The van der Waals surface area contributed by atoms with Gasteiger partial charge in [-0.05, 0) is 48.0 Å². The van der Waals surface area contributed by atoms with Crippen LogP contribution < -0.4 is 5.56 Å². The molecule has 0 unspecified atom stereocenters. The average molecular weight is 482 g/mol. The summed E-state index contributed by atoms with van der Waals surface area (Å²) in [7, 11) is 0. The molecule has 5 rings (SSSR count). The molecule has 32 heavy (non-hydrogen) atoms. The quantitative estimate of drug-likeness (QED) is 0.304. The summed E-state index contributed by atoms with van der Waals surface area (Å²) in [4.78, 5) is 21.7. The number of rotatable bonds is 4. The van der Waals surface area contributed by atoms with E-state index < -0.39 is 5.56 Å². The molecule has 2 aromatic heterocycles. The first kappa shape index (κ1) is 20.8. The Morgan fingerprint density at radius 3 is 2.28 bits per heavy atom.